The van der Waals surface area contributed by atoms with Crippen LogP contribution in [-0.4, -0.2) is 82.3 Å². The number of ether oxygens (including phenoxy) is 2. The Bertz CT molecular complexity index is 1030. The van der Waals surface area contributed by atoms with E-state index in [0.717, 1.165) is 37.9 Å². The number of benzene rings is 1. The van der Waals surface area contributed by atoms with E-state index in [1.54, 1.807) is 6.20 Å². The highest BCUT2D eigenvalue weighted by molar-refractivity contribution is 5.73. The summed E-state index contributed by atoms with van der Waals surface area (Å²) >= 11 is 0. The molecule has 2 atom stereocenters. The van der Waals surface area contributed by atoms with E-state index in [0.29, 0.717) is 13.2 Å². The predicted octanol–water partition coefficient (Wildman–Crippen LogP) is 4.73. The van der Waals surface area contributed by atoms with Crippen molar-refractivity contribution in [3.05, 3.63) is 66.0 Å². The molecule has 0 aliphatic carbocycles. The van der Waals surface area contributed by atoms with E-state index in [1.165, 1.54) is 18.5 Å². The van der Waals surface area contributed by atoms with Crippen LogP contribution in [0.5, 0.6) is 0 Å². The third-order valence-corrected chi connectivity index (χ3v) is 6.05. The van der Waals surface area contributed by atoms with E-state index in [-0.39, 0.29) is 11.7 Å². The molecule has 1 spiro atoms. The van der Waals surface area contributed by atoms with Gasteiger partial charge in [-0.05, 0) is 43.0 Å². The first-order chi connectivity index (χ1) is 18.7. The number of carboxylic acid groups (broad SMARTS) is 2. The molecule has 2 aliphatic heterocycles. The number of carboxylic acids is 2. The molecular formula is C26H30F6N2O6. The van der Waals surface area contributed by atoms with Crippen LogP contribution in [0.15, 0.2) is 54.9 Å². The van der Waals surface area contributed by atoms with E-state index < -0.39 is 24.3 Å². The zero-order valence-electron chi connectivity index (χ0n) is 21.3. The van der Waals surface area contributed by atoms with Gasteiger partial charge in [-0.15, -0.1) is 0 Å². The number of hydrogen-bond acceptors (Lipinski definition) is 6. The number of likely N-dealkylation sites (tertiary alicyclic amines) is 1. The number of hydrogen-bond donors (Lipinski definition) is 2. The molecule has 0 bridgehead atoms. The monoisotopic (exact) mass is 580 g/mol. The van der Waals surface area contributed by atoms with Gasteiger partial charge in [0.2, 0.25) is 0 Å². The molecule has 0 radical (unpaired) electrons. The Hall–Kier alpha value is -3.23. The first-order valence-corrected chi connectivity index (χ1v) is 12.2. The molecule has 2 N–H and O–H groups in total. The van der Waals surface area contributed by atoms with Crippen molar-refractivity contribution in [3.8, 4) is 0 Å². The summed E-state index contributed by atoms with van der Waals surface area (Å²) in [5, 5.41) is 14.2. The summed E-state index contributed by atoms with van der Waals surface area (Å²) < 4.78 is 75.9. The number of halogens is 6. The fraction of sp³-hybridized carbons (Fsp3) is 0.500. The summed E-state index contributed by atoms with van der Waals surface area (Å²) in [5.74, 6) is -5.51. The predicted molar refractivity (Wildman–Crippen MR) is 129 cm³/mol. The van der Waals surface area contributed by atoms with Gasteiger partial charge in [0.25, 0.3) is 0 Å². The summed E-state index contributed by atoms with van der Waals surface area (Å²) in [5.41, 5.74) is 2.54. The first-order valence-electron chi connectivity index (χ1n) is 12.2. The average Bonchev–Trinajstić information content (AvgIpc) is 3.29. The van der Waals surface area contributed by atoms with Gasteiger partial charge in [-0.3, -0.25) is 4.98 Å². The zero-order valence-corrected chi connectivity index (χ0v) is 21.3. The summed E-state index contributed by atoms with van der Waals surface area (Å²) in [6.45, 7) is 4.66. The zero-order chi connectivity index (χ0) is 29.8. The molecule has 14 heteroatoms. The number of pyridine rings is 1. The molecule has 40 heavy (non-hydrogen) atoms. The van der Waals surface area contributed by atoms with Crippen LogP contribution >= 0.6 is 0 Å². The molecule has 1 aromatic carbocycles. The second-order valence-corrected chi connectivity index (χ2v) is 9.21. The molecular weight excluding hydrogens is 550 g/mol. The molecule has 222 valence electrons. The van der Waals surface area contributed by atoms with Gasteiger partial charge in [-0.2, -0.15) is 26.3 Å². The van der Waals surface area contributed by atoms with Gasteiger partial charge in [0, 0.05) is 31.9 Å². The minimum atomic E-state index is -5.08. The van der Waals surface area contributed by atoms with E-state index in [1.807, 2.05) is 12.3 Å². The van der Waals surface area contributed by atoms with Crippen LogP contribution in [0.2, 0.25) is 0 Å². The summed E-state index contributed by atoms with van der Waals surface area (Å²) in [6.07, 6.45) is -1.82. The maximum absolute atomic E-state index is 10.6. The lowest BCUT2D eigenvalue weighted by molar-refractivity contribution is -0.193. The molecule has 3 heterocycles. The van der Waals surface area contributed by atoms with Crippen LogP contribution in [0.3, 0.4) is 0 Å². The topological polar surface area (TPSA) is 109 Å². The number of piperidine rings is 1. The highest BCUT2D eigenvalue weighted by Crippen LogP contribution is 2.36. The van der Waals surface area contributed by atoms with E-state index >= 15 is 0 Å². The molecule has 2 fully saturated rings. The van der Waals surface area contributed by atoms with Crippen LogP contribution < -0.4 is 0 Å². The maximum atomic E-state index is 10.6. The molecule has 0 unspecified atom stereocenters. The van der Waals surface area contributed by atoms with Gasteiger partial charge in [0.05, 0.1) is 24.9 Å². The molecule has 2 saturated heterocycles. The largest absolute Gasteiger partial charge is 0.490 e. The van der Waals surface area contributed by atoms with E-state index in [4.69, 9.17) is 29.3 Å². The third kappa shape index (κ3) is 11.9. The van der Waals surface area contributed by atoms with Crippen LogP contribution in [0.25, 0.3) is 0 Å². The number of alkyl halides is 6. The Kier molecular flexibility index (Phi) is 12.3. The Balaban J connectivity index is 0.000000333. The van der Waals surface area contributed by atoms with Crippen molar-refractivity contribution >= 4 is 11.9 Å². The minimum Gasteiger partial charge on any atom is -0.475 e. The van der Waals surface area contributed by atoms with Crippen LogP contribution in [0.4, 0.5) is 26.3 Å². The van der Waals surface area contributed by atoms with Crippen molar-refractivity contribution in [2.45, 2.75) is 56.3 Å². The van der Waals surface area contributed by atoms with E-state index in [2.05, 4.69) is 46.3 Å². The van der Waals surface area contributed by atoms with Gasteiger partial charge in [-0.1, -0.05) is 36.4 Å². The third-order valence-electron chi connectivity index (χ3n) is 6.05. The first kappa shape index (κ1) is 33.0. The number of nitrogens with zero attached hydrogens (tertiary/aromatic N) is 2. The summed E-state index contributed by atoms with van der Waals surface area (Å²) in [4.78, 5) is 24.5. The fourth-order valence-corrected chi connectivity index (χ4v) is 4.20. The lowest BCUT2D eigenvalue weighted by Gasteiger charge is -2.39. The van der Waals surface area contributed by atoms with Gasteiger partial charge >= 0.3 is 24.3 Å². The van der Waals surface area contributed by atoms with Crippen LogP contribution in [0.1, 0.15) is 30.4 Å². The van der Waals surface area contributed by atoms with Crippen molar-refractivity contribution in [3.63, 3.8) is 0 Å². The number of carbonyl (C=O) groups is 2. The summed E-state index contributed by atoms with van der Waals surface area (Å²) in [6, 6.07) is 14.8. The lowest BCUT2D eigenvalue weighted by atomic mass is 9.89. The average molecular weight is 581 g/mol. The standard InChI is InChI=1S/C22H28N2O2.2C2HF3O2/c1-2-6-19(7-3-1)9-13-24-12-5-10-22(18-24)14-21(17-26-22)25-16-20-8-4-11-23-15-20;2*3-2(4,5)1(6)7/h1-4,6-8,11,15,21H,5,9-10,12-14,16-18H2;2*(H,6,7)/t21-,22+;;/m1../s1. The normalized spacial score (nSPS) is 21.1. The molecule has 8 nitrogen and oxygen atoms in total. The van der Waals surface area contributed by atoms with Crippen molar-refractivity contribution in [2.24, 2.45) is 0 Å². The molecule has 4 rings (SSSR count). The number of aromatic nitrogens is 1. The second kappa shape index (κ2) is 15.0. The van der Waals surface area contributed by atoms with Gasteiger partial charge in [0.15, 0.2) is 0 Å². The molecule has 2 aromatic rings. The van der Waals surface area contributed by atoms with Gasteiger partial charge in [0.1, 0.15) is 0 Å². The second-order valence-electron chi connectivity index (χ2n) is 9.21. The Morgan fingerprint density at radius 1 is 1.00 bits per heavy atom. The highest BCUT2D eigenvalue weighted by Gasteiger charge is 2.44. The smallest absolute Gasteiger partial charge is 0.475 e. The molecule has 0 amide bonds. The quantitative estimate of drug-likeness (QED) is 0.473. The Morgan fingerprint density at radius 2 is 1.60 bits per heavy atom. The molecule has 2 aliphatic rings. The Labute approximate surface area is 226 Å². The van der Waals surface area contributed by atoms with Crippen LogP contribution in [-0.2, 0) is 32.1 Å². The van der Waals surface area contributed by atoms with Crippen molar-refractivity contribution in [1.82, 2.24) is 9.88 Å². The van der Waals surface area contributed by atoms with Crippen molar-refractivity contribution in [1.29, 1.82) is 0 Å². The van der Waals surface area contributed by atoms with Crippen molar-refractivity contribution < 1.29 is 55.6 Å². The SMILES string of the molecule is O=C(O)C(F)(F)F.O=C(O)C(F)(F)F.c1ccc(CCN2CCC[C@]3(C[C@@H](OCc4cccnc4)CO3)C2)cc1. The fourth-order valence-electron chi connectivity index (χ4n) is 4.20. The van der Waals surface area contributed by atoms with E-state index in [9.17, 15) is 26.3 Å². The number of rotatable bonds is 6. The Morgan fingerprint density at radius 3 is 2.15 bits per heavy atom. The molecule has 1 aromatic heterocycles. The van der Waals surface area contributed by atoms with Crippen LogP contribution in [0, 0.1) is 0 Å². The summed E-state index contributed by atoms with van der Waals surface area (Å²) in [7, 11) is 0. The minimum absolute atomic E-state index is 0.00541. The number of aliphatic carboxylic acids is 2. The van der Waals surface area contributed by atoms with Crippen molar-refractivity contribution in [2.75, 3.05) is 26.2 Å². The lowest BCUT2D eigenvalue weighted by Crippen LogP contribution is -2.48. The van der Waals surface area contributed by atoms with Gasteiger partial charge in [-0.25, -0.2) is 9.59 Å². The molecule has 0 saturated carbocycles. The maximum Gasteiger partial charge on any atom is 0.490 e. The van der Waals surface area contributed by atoms with Gasteiger partial charge < -0.3 is 24.6 Å². The highest BCUT2D eigenvalue weighted by atomic mass is 19.4.